The normalized spacial score (nSPS) is 15.8. The molecule has 3 saturated heterocycles. The highest BCUT2D eigenvalue weighted by atomic mass is 35.5. The monoisotopic (exact) mass is 1670 g/mol. The highest BCUT2D eigenvalue weighted by molar-refractivity contribution is 8.04. The van der Waals surface area contributed by atoms with Crippen LogP contribution in [0.15, 0.2) is 143 Å². The number of ether oxygens (including phenoxy) is 6. The molecule has 656 valence electrons. The van der Waals surface area contributed by atoms with Crippen LogP contribution in [0.25, 0.3) is 0 Å². The molecule has 0 aliphatic carbocycles. The molecule has 0 radical (unpaired) electrons. The van der Waals surface area contributed by atoms with Gasteiger partial charge in [0.15, 0.2) is 0 Å². The minimum atomic E-state index is -2.17. The van der Waals surface area contributed by atoms with Gasteiger partial charge < -0.3 is 64.1 Å². The third-order valence-electron chi connectivity index (χ3n) is 15.0. The number of carbonyl (C=O) groups is 7. The lowest BCUT2D eigenvalue weighted by Crippen LogP contribution is -2.51. The van der Waals surface area contributed by atoms with Gasteiger partial charge >= 0.3 is 35.8 Å². The first-order chi connectivity index (χ1) is 51.0. The number of carbonyl (C=O) groups excluding carboxylic acids is 7. The Balaban J connectivity index is -0.000000194. The lowest BCUT2D eigenvalue weighted by Gasteiger charge is -2.28. The molecule has 6 atom stereocenters. The number of nitrogens with two attached hydrogens (primary N) is 1. The molecule has 0 bridgehead atoms. The average molecular weight is 1680 g/mol. The summed E-state index contributed by atoms with van der Waals surface area (Å²) in [7, 11) is 2.83. The second kappa shape index (κ2) is 76.4. The third kappa shape index (κ3) is 58.8. The summed E-state index contributed by atoms with van der Waals surface area (Å²) in [5.74, 6) is 3.49. The van der Waals surface area contributed by atoms with Crippen LogP contribution < -0.4 is 37.8 Å². The lowest BCUT2D eigenvalue weighted by atomic mass is 10.0. The Morgan fingerprint density at radius 3 is 1.37 bits per heavy atom. The molecule has 3 heterocycles. The van der Waals surface area contributed by atoms with E-state index < -0.39 is 16.0 Å². The summed E-state index contributed by atoms with van der Waals surface area (Å²) in [4.78, 5) is 100. The van der Waals surface area contributed by atoms with Crippen LogP contribution in [0.3, 0.4) is 0 Å². The molecule has 0 unspecified atom stereocenters. The quantitative estimate of drug-likeness (QED) is 0.00491. The van der Waals surface area contributed by atoms with Gasteiger partial charge in [-0.1, -0.05) is 189 Å². The summed E-state index contributed by atoms with van der Waals surface area (Å²) < 4.78 is 40.4. The first-order valence-corrected chi connectivity index (χ1v) is 38.5. The molecule has 4 aromatic rings. The summed E-state index contributed by atoms with van der Waals surface area (Å²) >= 11 is 5.87. The maximum absolute atomic E-state index is 11.7. The second-order valence-electron chi connectivity index (χ2n) is 23.8. The van der Waals surface area contributed by atoms with Gasteiger partial charge in [0.2, 0.25) is 5.91 Å². The number of alkyl halides is 1. The van der Waals surface area contributed by atoms with E-state index in [2.05, 4.69) is 46.6 Å². The molecule has 7 rings (SSSR count). The van der Waals surface area contributed by atoms with E-state index in [-0.39, 0.29) is 154 Å². The van der Waals surface area contributed by atoms with Crippen molar-refractivity contribution in [1.29, 1.82) is 0 Å². The first kappa shape index (κ1) is 122. The Labute approximate surface area is 696 Å². The van der Waals surface area contributed by atoms with Crippen molar-refractivity contribution in [1.82, 2.24) is 31.6 Å². The fourth-order valence-corrected chi connectivity index (χ4v) is 10.5. The number of nitrogens with one attached hydrogen (secondary N) is 5. The van der Waals surface area contributed by atoms with Crippen LogP contribution in [0.1, 0.15) is 187 Å². The van der Waals surface area contributed by atoms with Gasteiger partial charge in [0.1, 0.15) is 71.3 Å². The van der Waals surface area contributed by atoms with Crippen LogP contribution >= 0.6 is 24.0 Å². The minimum absolute atomic E-state index is 0. The van der Waals surface area contributed by atoms with Gasteiger partial charge in [0.05, 0.1) is 70.2 Å². The number of allylic oxidation sites excluding steroid dienone is 1. The predicted octanol–water partition coefficient (Wildman–Crippen LogP) is 12.6. The van der Waals surface area contributed by atoms with Gasteiger partial charge in [-0.2, -0.15) is 5.48 Å². The van der Waals surface area contributed by atoms with Crippen molar-refractivity contribution in [3.63, 3.8) is 0 Å². The molecular weight excluding hydrogens is 1530 g/mol. The molecule has 0 spiro atoms. The van der Waals surface area contributed by atoms with Crippen molar-refractivity contribution in [3.8, 4) is 0 Å². The lowest BCUT2D eigenvalue weighted by molar-refractivity contribution is -0.306. The van der Waals surface area contributed by atoms with Crippen molar-refractivity contribution >= 4 is 87.1 Å². The number of amides is 1. The van der Waals surface area contributed by atoms with E-state index in [0.29, 0.717) is 123 Å². The molecular formula is C83H145Cl2N9O19S. The molecule has 7 N–H and O–H groups in total. The fourth-order valence-electron chi connectivity index (χ4n) is 9.58. The van der Waals surface area contributed by atoms with E-state index in [1.165, 1.54) is 29.7 Å². The summed E-state index contributed by atoms with van der Waals surface area (Å²) in [6.45, 7) is 17.6. The van der Waals surface area contributed by atoms with Crippen LogP contribution in [0.5, 0.6) is 0 Å². The molecule has 114 heavy (non-hydrogen) atoms. The topological polar surface area (TPSA) is 366 Å². The summed E-state index contributed by atoms with van der Waals surface area (Å²) in [6.07, 6.45) is 8.85. The molecule has 28 nitrogen and oxygen atoms in total. The highest BCUT2D eigenvalue weighted by Crippen LogP contribution is 2.18. The predicted molar refractivity (Wildman–Crippen MR) is 461 cm³/mol. The summed E-state index contributed by atoms with van der Waals surface area (Å²) in [5, 5.41) is 32.9. The van der Waals surface area contributed by atoms with Gasteiger partial charge in [0, 0.05) is 39.5 Å². The number of likely N-dealkylation sites (tertiary alicyclic amines) is 1. The molecule has 0 aromatic heterocycles. The third-order valence-corrected chi connectivity index (χ3v) is 16.1. The number of hydrogen-bond donors (Lipinski definition) is 6. The Morgan fingerprint density at radius 2 is 1.01 bits per heavy atom. The van der Waals surface area contributed by atoms with Crippen molar-refractivity contribution in [2.24, 2.45) is 16.2 Å². The summed E-state index contributed by atoms with van der Waals surface area (Å²) in [6, 6.07) is 38.1. The van der Waals surface area contributed by atoms with Crippen molar-refractivity contribution in [2.45, 2.75) is 227 Å². The van der Waals surface area contributed by atoms with E-state index in [4.69, 9.17) is 55.7 Å². The molecule has 3 fully saturated rings. The molecule has 4 aromatic carbocycles. The number of esters is 6. The van der Waals surface area contributed by atoms with Crippen LogP contribution in [-0.4, -0.2) is 187 Å². The maximum Gasteiger partial charge on any atom is 0.328 e. The number of rotatable bonds is 33. The van der Waals surface area contributed by atoms with Crippen LogP contribution in [0, 0.1) is 0 Å². The van der Waals surface area contributed by atoms with Gasteiger partial charge in [-0.25, -0.2) is 10.7 Å². The van der Waals surface area contributed by atoms with Crippen LogP contribution in [0.2, 0.25) is 0 Å². The Hall–Kier alpha value is -7.94. The second-order valence-corrected chi connectivity index (χ2v) is 26.9. The standard InChI is InChI=1S/C16H23ClN2O3.C15H22N2O3.C15H20N2O3.C11H21NO4S.C8H13NO3.C7H9NO.C4H8O2.7CH4.ClH/c1-3-21-16(20)15(18-2)10-9-14(11-17)19-22-12-13-7-5-4-6-8-13;2*1-2-19-15(18)14-9-8-13(10-16-14)17-20-11-12-6-4-3-5-7-12;1-5-16-11(14)10(12-2)7-6-9(13)8-17(3,4)15;1-3-12-8(11)6-4-5-7(10)9(6)2;8-9-6-7-4-2-1-3-5-7;1-3-6-4(2)5;;;;;;;;/h4-8,15,18H,3,9-12H2,1-2H3;3-7,13-14,16-17H,2,8-11H2,1H3;3-7,14,16H,2,8-11H2,1H3;8,10,12H,5-7H2,1-4H3;6H,3-5H2,1-2H3;1-5H,6,8H2;3H2,1-2H3;7*1H4;1H/t15-;13-,14+;14-;10-;6-;;;;;;;;;;/m01000........../s1. The largest absolute Gasteiger partial charge is 0.873 e. The zero-order chi connectivity index (χ0) is 78.8. The van der Waals surface area contributed by atoms with Crippen LogP contribution in [-0.2, 0) is 122 Å². The van der Waals surface area contributed by atoms with Crippen molar-refractivity contribution < 1.29 is 90.6 Å². The first-order valence-electron chi connectivity index (χ1n) is 35.6. The van der Waals surface area contributed by atoms with E-state index in [9.17, 15) is 42.9 Å². The molecule has 3 aliphatic rings. The number of benzene rings is 4. The number of oxime groups is 2. The zero-order valence-electron chi connectivity index (χ0n) is 64.2. The Bertz CT molecular complexity index is 3190. The number of hydrogen-bond acceptors (Lipinski definition) is 27. The average Bonchev–Trinajstić information content (AvgIpc) is 1.65. The fraction of sp³-hybridized carbons (Fsp3) is 0.578. The van der Waals surface area contributed by atoms with E-state index in [1.54, 1.807) is 48.8 Å². The molecule has 1 amide bonds. The zero-order valence-corrected chi connectivity index (χ0v) is 66.6. The number of likely N-dealkylation sites (N-methyl/N-ethyl adjacent to an activating group) is 3. The SMILES string of the molecule is C.C.C.C.C.C.C.CCOC(=O)[C@@H]1CCC(=NOCc2ccccc2)CN1.CCOC(=O)[C@@H]1CCC(=O)N1C.CCOC(=O)[C@@H]1CC[C@@H](NOCc2ccccc2)CN1.CCOC(=O)[C@H](CC/C([O-])=C/[S+](C)(C)=O)NC.CCOC(=O)[C@H](CCC(CCl)=NOCc1ccccc1)NC.CCOC(C)=O.Cl.NOCc1ccccc1. The van der Waals surface area contributed by atoms with E-state index in [1.807, 2.05) is 135 Å². The number of nitrogens with zero attached hydrogens (tertiary/aromatic N) is 3. The van der Waals surface area contributed by atoms with E-state index >= 15 is 0 Å². The number of piperidine rings is 2. The van der Waals surface area contributed by atoms with E-state index in [0.717, 1.165) is 47.2 Å². The van der Waals surface area contributed by atoms with Gasteiger partial charge in [0.25, 0.3) is 0 Å². The Morgan fingerprint density at radius 1 is 0.588 bits per heavy atom. The van der Waals surface area contributed by atoms with Crippen molar-refractivity contribution in [2.75, 3.05) is 92.3 Å². The highest BCUT2D eigenvalue weighted by Gasteiger charge is 2.34. The van der Waals surface area contributed by atoms with Gasteiger partial charge in [-0.15, -0.1) is 28.2 Å². The molecule has 3 aliphatic heterocycles. The minimum Gasteiger partial charge on any atom is -0.873 e. The maximum atomic E-state index is 11.7. The smallest absolute Gasteiger partial charge is 0.328 e. The number of halogens is 2. The van der Waals surface area contributed by atoms with Gasteiger partial charge in [-0.05, 0) is 136 Å². The Kier molecular flexibility index (Phi) is 81.5. The molecule has 0 saturated carbocycles. The van der Waals surface area contributed by atoms with Crippen molar-refractivity contribution in [3.05, 3.63) is 155 Å². The summed E-state index contributed by atoms with van der Waals surface area (Å²) in [5.41, 5.74) is 9.05. The number of hydroxylamine groups is 1. The van der Waals surface area contributed by atoms with Gasteiger partial charge in [-0.3, -0.25) is 43.8 Å². The van der Waals surface area contributed by atoms with Crippen LogP contribution in [0.4, 0.5) is 0 Å². The molecule has 31 heteroatoms.